The molecule has 84 valence electrons. The Kier molecular flexibility index (Phi) is 4.08. The van der Waals surface area contributed by atoms with Crippen molar-refractivity contribution in [1.29, 1.82) is 0 Å². The molecule has 0 spiro atoms. The van der Waals surface area contributed by atoms with Gasteiger partial charge in [-0.2, -0.15) is 0 Å². The van der Waals surface area contributed by atoms with E-state index in [1.165, 1.54) is 0 Å². The highest BCUT2D eigenvalue weighted by Gasteiger charge is 2.16. The predicted octanol–water partition coefficient (Wildman–Crippen LogP) is 4.97. The van der Waals surface area contributed by atoms with E-state index in [4.69, 9.17) is 17.3 Å². The molecule has 2 aromatic rings. The van der Waals surface area contributed by atoms with Gasteiger partial charge < -0.3 is 5.73 Å². The monoisotopic (exact) mass is 379 g/mol. The van der Waals surface area contributed by atoms with E-state index in [2.05, 4.69) is 31.9 Å². The van der Waals surface area contributed by atoms with Gasteiger partial charge in [-0.25, -0.2) is 0 Å². The maximum atomic E-state index is 6.22. The standard InChI is InChI=1S/C11H8Br2ClNS/c12-8-2-1-6(14)5-7(8)10(15)11-9(13)3-4-16-11/h1-5,10H,15H2. The average Bonchev–Trinajstić information content (AvgIpc) is 2.67. The Balaban J connectivity index is 2.45. The van der Waals surface area contributed by atoms with E-state index in [0.29, 0.717) is 5.02 Å². The molecule has 1 aromatic heterocycles. The van der Waals surface area contributed by atoms with Crippen LogP contribution >= 0.6 is 54.8 Å². The molecule has 0 saturated heterocycles. The lowest BCUT2D eigenvalue weighted by molar-refractivity contribution is 0.883. The van der Waals surface area contributed by atoms with Crippen LogP contribution in [0.25, 0.3) is 0 Å². The molecule has 1 atom stereocenters. The van der Waals surface area contributed by atoms with Crippen LogP contribution in [-0.4, -0.2) is 0 Å². The summed E-state index contributed by atoms with van der Waals surface area (Å²) in [5.41, 5.74) is 7.22. The third kappa shape index (κ3) is 2.51. The van der Waals surface area contributed by atoms with Crippen molar-refractivity contribution in [3.63, 3.8) is 0 Å². The molecule has 5 heteroatoms. The van der Waals surface area contributed by atoms with Crippen molar-refractivity contribution >= 4 is 54.8 Å². The maximum Gasteiger partial charge on any atom is 0.0669 e. The zero-order valence-corrected chi connectivity index (χ0v) is 12.8. The third-order valence-corrected chi connectivity index (χ3v) is 5.13. The van der Waals surface area contributed by atoms with E-state index >= 15 is 0 Å². The predicted molar refractivity (Wildman–Crippen MR) is 77.2 cm³/mol. The average molecular weight is 382 g/mol. The number of benzene rings is 1. The molecule has 0 radical (unpaired) electrons. The van der Waals surface area contributed by atoms with Crippen molar-refractivity contribution in [2.75, 3.05) is 0 Å². The van der Waals surface area contributed by atoms with Crippen LogP contribution in [0.1, 0.15) is 16.5 Å². The Bertz CT molecular complexity index is 512. The molecule has 0 bridgehead atoms. The molecule has 1 heterocycles. The van der Waals surface area contributed by atoms with Gasteiger partial charge in [0.1, 0.15) is 0 Å². The molecular weight excluding hydrogens is 373 g/mol. The van der Waals surface area contributed by atoms with Gasteiger partial charge in [0.25, 0.3) is 0 Å². The molecular formula is C11H8Br2ClNS. The molecule has 1 unspecified atom stereocenters. The van der Waals surface area contributed by atoms with Gasteiger partial charge in [-0.05, 0) is 51.1 Å². The number of hydrogen-bond donors (Lipinski definition) is 1. The summed E-state index contributed by atoms with van der Waals surface area (Å²) in [7, 11) is 0. The Labute approximate surface area is 120 Å². The summed E-state index contributed by atoms with van der Waals surface area (Å²) in [6.07, 6.45) is 0. The zero-order valence-electron chi connectivity index (χ0n) is 8.08. The molecule has 1 nitrogen and oxygen atoms in total. The fourth-order valence-electron chi connectivity index (χ4n) is 1.42. The molecule has 2 N–H and O–H groups in total. The highest BCUT2D eigenvalue weighted by Crippen LogP contribution is 2.35. The lowest BCUT2D eigenvalue weighted by atomic mass is 10.1. The van der Waals surface area contributed by atoms with Gasteiger partial charge in [-0.3, -0.25) is 0 Å². The first-order valence-corrected chi connectivity index (χ1v) is 7.37. The molecule has 2 rings (SSSR count). The van der Waals surface area contributed by atoms with Crippen LogP contribution in [0.4, 0.5) is 0 Å². The SMILES string of the molecule is NC(c1cc(Cl)ccc1Br)c1sccc1Br. The molecule has 1 aromatic carbocycles. The van der Waals surface area contributed by atoms with Crippen LogP contribution in [0.2, 0.25) is 5.02 Å². The van der Waals surface area contributed by atoms with Crippen molar-refractivity contribution < 1.29 is 0 Å². The topological polar surface area (TPSA) is 26.0 Å². The molecule has 0 fully saturated rings. The second-order valence-corrected chi connectivity index (χ2v) is 6.37. The Hall–Kier alpha value is 0.130. The van der Waals surface area contributed by atoms with Crippen LogP contribution in [0.3, 0.4) is 0 Å². The molecule has 0 aliphatic rings. The van der Waals surface area contributed by atoms with Crippen LogP contribution in [0.15, 0.2) is 38.6 Å². The minimum Gasteiger partial charge on any atom is -0.320 e. The van der Waals surface area contributed by atoms with Crippen LogP contribution in [0, 0.1) is 0 Å². The quantitative estimate of drug-likeness (QED) is 0.780. The first-order valence-electron chi connectivity index (χ1n) is 4.53. The summed E-state index contributed by atoms with van der Waals surface area (Å²) < 4.78 is 2.02. The fourth-order valence-corrected chi connectivity index (χ4v) is 3.73. The minimum absolute atomic E-state index is 0.164. The number of rotatable bonds is 2. The molecule has 0 amide bonds. The number of hydrogen-bond acceptors (Lipinski definition) is 2. The van der Waals surface area contributed by atoms with Crippen molar-refractivity contribution in [3.05, 3.63) is 54.1 Å². The summed E-state index contributed by atoms with van der Waals surface area (Å²) in [5.74, 6) is 0. The van der Waals surface area contributed by atoms with Gasteiger partial charge in [0.05, 0.1) is 6.04 Å². The van der Waals surface area contributed by atoms with Crippen LogP contribution in [-0.2, 0) is 0 Å². The first-order chi connectivity index (χ1) is 7.59. The van der Waals surface area contributed by atoms with Crippen LogP contribution in [0.5, 0.6) is 0 Å². The summed E-state index contributed by atoms with van der Waals surface area (Å²) in [6, 6.07) is 7.48. The largest absolute Gasteiger partial charge is 0.320 e. The van der Waals surface area contributed by atoms with E-state index in [9.17, 15) is 0 Å². The number of halogens is 3. The summed E-state index contributed by atoms with van der Waals surface area (Å²) in [5, 5.41) is 2.71. The Morgan fingerprint density at radius 1 is 1.19 bits per heavy atom. The van der Waals surface area contributed by atoms with E-state index < -0.39 is 0 Å². The normalized spacial score (nSPS) is 12.8. The highest BCUT2D eigenvalue weighted by atomic mass is 79.9. The van der Waals surface area contributed by atoms with Gasteiger partial charge in [-0.1, -0.05) is 27.5 Å². The Morgan fingerprint density at radius 3 is 2.56 bits per heavy atom. The third-order valence-electron chi connectivity index (χ3n) is 2.22. The second-order valence-electron chi connectivity index (χ2n) is 3.28. The zero-order chi connectivity index (χ0) is 11.7. The number of thiophene rings is 1. The first kappa shape index (κ1) is 12.6. The Morgan fingerprint density at radius 2 is 1.94 bits per heavy atom. The molecule has 0 aliphatic carbocycles. The smallest absolute Gasteiger partial charge is 0.0669 e. The van der Waals surface area contributed by atoms with Gasteiger partial charge in [0.2, 0.25) is 0 Å². The van der Waals surface area contributed by atoms with Gasteiger partial charge >= 0.3 is 0 Å². The van der Waals surface area contributed by atoms with Gasteiger partial charge in [0, 0.05) is 18.8 Å². The summed E-state index contributed by atoms with van der Waals surface area (Å²) >= 11 is 14.6. The van der Waals surface area contributed by atoms with Crippen molar-refractivity contribution in [2.45, 2.75) is 6.04 Å². The van der Waals surface area contributed by atoms with Crippen LogP contribution < -0.4 is 5.73 Å². The van der Waals surface area contributed by atoms with Gasteiger partial charge in [-0.15, -0.1) is 11.3 Å². The molecule has 0 aliphatic heterocycles. The molecule has 16 heavy (non-hydrogen) atoms. The maximum absolute atomic E-state index is 6.22. The fraction of sp³-hybridized carbons (Fsp3) is 0.0909. The van der Waals surface area contributed by atoms with Gasteiger partial charge in [0.15, 0.2) is 0 Å². The minimum atomic E-state index is -0.164. The van der Waals surface area contributed by atoms with E-state index in [-0.39, 0.29) is 6.04 Å². The second kappa shape index (κ2) is 5.19. The lowest BCUT2D eigenvalue weighted by Crippen LogP contribution is -2.11. The highest BCUT2D eigenvalue weighted by molar-refractivity contribution is 9.10. The van der Waals surface area contributed by atoms with Crippen molar-refractivity contribution in [1.82, 2.24) is 0 Å². The van der Waals surface area contributed by atoms with Crippen molar-refractivity contribution in [3.8, 4) is 0 Å². The lowest BCUT2D eigenvalue weighted by Gasteiger charge is -2.13. The van der Waals surface area contributed by atoms with E-state index in [1.807, 2.05) is 29.6 Å². The van der Waals surface area contributed by atoms with E-state index in [1.54, 1.807) is 11.3 Å². The molecule has 0 saturated carbocycles. The summed E-state index contributed by atoms with van der Waals surface area (Å²) in [4.78, 5) is 1.10. The summed E-state index contributed by atoms with van der Waals surface area (Å²) in [6.45, 7) is 0. The van der Waals surface area contributed by atoms with Crippen molar-refractivity contribution in [2.24, 2.45) is 5.73 Å². The number of nitrogens with two attached hydrogens (primary N) is 1. The van der Waals surface area contributed by atoms with E-state index in [0.717, 1.165) is 19.4 Å².